The number of halogens is 1. The summed E-state index contributed by atoms with van der Waals surface area (Å²) in [7, 11) is 0. The van der Waals surface area contributed by atoms with Gasteiger partial charge in [0.25, 0.3) is 0 Å². The summed E-state index contributed by atoms with van der Waals surface area (Å²) in [5, 5.41) is 18.3. The molecule has 0 spiro atoms. The largest absolute Gasteiger partial charge is 0.506 e. The Morgan fingerprint density at radius 1 is 1.40 bits per heavy atom. The van der Waals surface area contributed by atoms with E-state index < -0.39 is 0 Å². The van der Waals surface area contributed by atoms with E-state index in [-0.39, 0.29) is 17.3 Å². The van der Waals surface area contributed by atoms with Crippen LogP contribution in [0.5, 0.6) is 17.2 Å². The lowest BCUT2D eigenvalue weighted by Crippen LogP contribution is -2.16. The molecule has 3 N–H and O–H groups in total. The summed E-state index contributed by atoms with van der Waals surface area (Å²) < 4.78 is 10.6. The molecular weight excluding hydrogens is 222 g/mol. The first-order valence-corrected chi connectivity index (χ1v) is 4.78. The molecule has 0 unspecified atom stereocenters. The van der Waals surface area contributed by atoms with E-state index >= 15 is 0 Å². The summed E-state index contributed by atoms with van der Waals surface area (Å²) in [5.74, 6) is 0.721. The van der Waals surface area contributed by atoms with Crippen LogP contribution in [0.1, 0.15) is 5.56 Å². The second-order valence-corrected chi connectivity index (χ2v) is 3.44. The van der Waals surface area contributed by atoms with Crippen LogP contribution in [-0.2, 0) is 6.54 Å². The molecule has 1 aliphatic heterocycles. The Bertz CT molecular complexity index is 383. The van der Waals surface area contributed by atoms with Gasteiger partial charge in [-0.25, -0.2) is 5.48 Å². The van der Waals surface area contributed by atoms with E-state index in [1.807, 2.05) is 5.48 Å². The highest BCUT2D eigenvalue weighted by atomic mass is 35.5. The van der Waals surface area contributed by atoms with E-state index in [1.54, 1.807) is 6.07 Å². The van der Waals surface area contributed by atoms with Gasteiger partial charge in [0.1, 0.15) is 24.0 Å². The van der Waals surface area contributed by atoms with Crippen LogP contribution in [0, 0.1) is 0 Å². The van der Waals surface area contributed by atoms with Gasteiger partial charge in [0.15, 0.2) is 11.5 Å². The van der Waals surface area contributed by atoms with Gasteiger partial charge in [-0.05, 0) is 6.07 Å². The van der Waals surface area contributed by atoms with E-state index in [4.69, 9.17) is 26.3 Å². The summed E-state index contributed by atoms with van der Waals surface area (Å²) in [4.78, 5) is 0. The Labute approximate surface area is 91.1 Å². The van der Waals surface area contributed by atoms with E-state index in [2.05, 4.69) is 0 Å². The third-order valence-electron chi connectivity index (χ3n) is 2.10. The highest BCUT2D eigenvalue weighted by Crippen LogP contribution is 2.44. The molecule has 0 fully saturated rings. The molecule has 1 aliphatic rings. The number of hydrogen-bond donors (Lipinski definition) is 3. The molecule has 0 saturated heterocycles. The van der Waals surface area contributed by atoms with Crippen molar-refractivity contribution in [2.45, 2.75) is 6.54 Å². The number of ether oxygens (including phenoxy) is 2. The van der Waals surface area contributed by atoms with Crippen molar-refractivity contribution in [3.63, 3.8) is 0 Å². The summed E-state index contributed by atoms with van der Waals surface area (Å²) in [6.45, 7) is 0.937. The fourth-order valence-corrected chi connectivity index (χ4v) is 1.67. The van der Waals surface area contributed by atoms with Gasteiger partial charge >= 0.3 is 0 Å². The third-order valence-corrected chi connectivity index (χ3v) is 2.45. The van der Waals surface area contributed by atoms with E-state index in [0.29, 0.717) is 30.3 Å². The maximum Gasteiger partial charge on any atom is 0.183 e. The number of rotatable bonds is 2. The maximum atomic E-state index is 9.67. The maximum absolute atomic E-state index is 9.67. The summed E-state index contributed by atoms with van der Waals surface area (Å²) in [6.07, 6.45) is 0. The van der Waals surface area contributed by atoms with Gasteiger partial charge in [0.2, 0.25) is 0 Å². The van der Waals surface area contributed by atoms with Crippen LogP contribution in [0.25, 0.3) is 0 Å². The first-order valence-electron chi connectivity index (χ1n) is 4.41. The van der Waals surface area contributed by atoms with E-state index in [1.165, 1.54) is 0 Å². The van der Waals surface area contributed by atoms with Gasteiger partial charge in [-0.3, -0.25) is 0 Å². The predicted octanol–water partition coefficient (Wildman–Crippen LogP) is 1.30. The minimum absolute atomic E-state index is 0.0855. The molecule has 5 nitrogen and oxygen atoms in total. The first-order chi connectivity index (χ1) is 7.24. The molecule has 1 heterocycles. The van der Waals surface area contributed by atoms with Crippen molar-refractivity contribution >= 4 is 11.6 Å². The number of aromatic hydroxyl groups is 1. The van der Waals surface area contributed by atoms with Crippen molar-refractivity contribution in [1.82, 2.24) is 5.48 Å². The van der Waals surface area contributed by atoms with Gasteiger partial charge in [0.05, 0.1) is 0 Å². The fourth-order valence-electron chi connectivity index (χ4n) is 1.41. The minimum Gasteiger partial charge on any atom is -0.506 e. The Balaban J connectivity index is 2.47. The second-order valence-electron chi connectivity index (χ2n) is 3.06. The van der Waals surface area contributed by atoms with Crippen LogP contribution in [-0.4, -0.2) is 23.5 Å². The van der Waals surface area contributed by atoms with Crippen molar-refractivity contribution in [2.24, 2.45) is 0 Å². The first kappa shape index (κ1) is 10.4. The molecule has 15 heavy (non-hydrogen) atoms. The molecule has 0 aromatic heterocycles. The van der Waals surface area contributed by atoms with Crippen molar-refractivity contribution < 1.29 is 19.8 Å². The van der Waals surface area contributed by atoms with E-state index in [0.717, 1.165) is 0 Å². The average Bonchev–Trinajstić information content (AvgIpc) is 2.26. The monoisotopic (exact) mass is 231 g/mol. The van der Waals surface area contributed by atoms with Crippen LogP contribution in [0.3, 0.4) is 0 Å². The van der Waals surface area contributed by atoms with Crippen LogP contribution in [0.4, 0.5) is 0 Å². The zero-order valence-corrected chi connectivity index (χ0v) is 8.54. The molecule has 6 heteroatoms. The lowest BCUT2D eigenvalue weighted by atomic mass is 10.1. The molecule has 0 radical (unpaired) electrons. The molecular formula is C9H10ClNO4. The molecule has 0 bridgehead atoms. The second kappa shape index (κ2) is 4.14. The average molecular weight is 232 g/mol. The van der Waals surface area contributed by atoms with Gasteiger partial charge in [-0.15, -0.1) is 0 Å². The molecule has 2 rings (SSSR count). The van der Waals surface area contributed by atoms with Crippen LogP contribution in [0.15, 0.2) is 6.07 Å². The molecule has 1 aromatic rings. The van der Waals surface area contributed by atoms with E-state index in [9.17, 15) is 5.11 Å². The molecule has 0 atom stereocenters. The molecule has 0 amide bonds. The normalized spacial score (nSPS) is 14.0. The number of phenols is 1. The Morgan fingerprint density at radius 3 is 2.87 bits per heavy atom. The standard InChI is InChI=1S/C9H10ClNO4/c10-7-8(12)5(4-11-13)3-6-9(7)15-2-1-14-6/h3,11-13H,1-2,4H2. The number of benzene rings is 1. The number of hydroxylamine groups is 1. The predicted molar refractivity (Wildman–Crippen MR) is 52.7 cm³/mol. The fraction of sp³-hybridized carbons (Fsp3) is 0.333. The number of phenolic OH excluding ortho intramolecular Hbond substituents is 1. The molecule has 0 saturated carbocycles. The number of hydrogen-bond acceptors (Lipinski definition) is 5. The van der Waals surface area contributed by atoms with Crippen molar-refractivity contribution in [3.8, 4) is 17.2 Å². The van der Waals surface area contributed by atoms with Crippen molar-refractivity contribution in [1.29, 1.82) is 0 Å². The zero-order chi connectivity index (χ0) is 10.8. The summed E-state index contributed by atoms with van der Waals surface area (Å²) in [6, 6.07) is 1.58. The molecule has 1 aromatic carbocycles. The summed E-state index contributed by atoms with van der Waals surface area (Å²) in [5.41, 5.74) is 2.39. The van der Waals surface area contributed by atoms with Gasteiger partial charge < -0.3 is 19.8 Å². The third kappa shape index (κ3) is 1.81. The Hall–Kier alpha value is -1.17. The SMILES string of the molecule is ONCc1cc2c(c(Cl)c1O)OCCO2. The topological polar surface area (TPSA) is 71.0 Å². The Morgan fingerprint density at radius 2 is 2.13 bits per heavy atom. The minimum atomic E-state index is -0.109. The highest BCUT2D eigenvalue weighted by Gasteiger charge is 2.21. The van der Waals surface area contributed by atoms with Crippen LogP contribution < -0.4 is 15.0 Å². The van der Waals surface area contributed by atoms with Crippen LogP contribution in [0.2, 0.25) is 5.02 Å². The Kier molecular flexibility index (Phi) is 2.86. The quantitative estimate of drug-likeness (QED) is 0.670. The highest BCUT2D eigenvalue weighted by molar-refractivity contribution is 6.33. The zero-order valence-electron chi connectivity index (χ0n) is 7.79. The number of nitrogens with one attached hydrogen (secondary N) is 1. The summed E-state index contributed by atoms with van der Waals surface area (Å²) >= 11 is 5.89. The molecule has 0 aliphatic carbocycles. The van der Waals surface area contributed by atoms with Crippen LogP contribution >= 0.6 is 11.6 Å². The van der Waals surface area contributed by atoms with Gasteiger partial charge in [-0.1, -0.05) is 11.6 Å². The van der Waals surface area contributed by atoms with Gasteiger partial charge in [-0.2, -0.15) is 0 Å². The van der Waals surface area contributed by atoms with Gasteiger partial charge in [0, 0.05) is 12.1 Å². The lowest BCUT2D eigenvalue weighted by Gasteiger charge is -2.21. The van der Waals surface area contributed by atoms with Crippen molar-refractivity contribution in [3.05, 3.63) is 16.7 Å². The van der Waals surface area contributed by atoms with Crippen molar-refractivity contribution in [2.75, 3.05) is 13.2 Å². The molecule has 82 valence electrons. The number of fused-ring (bicyclic) bond motifs is 1. The lowest BCUT2D eigenvalue weighted by molar-refractivity contribution is 0.157. The smallest absolute Gasteiger partial charge is 0.183 e.